The summed E-state index contributed by atoms with van der Waals surface area (Å²) in [6.07, 6.45) is 5.64. The molecule has 1 aliphatic carbocycles. The van der Waals surface area contributed by atoms with Gasteiger partial charge in [-0.15, -0.1) is 0 Å². The first-order valence-corrected chi connectivity index (χ1v) is 7.54. The Bertz CT molecular complexity index is 436. The Balaban J connectivity index is 2.15. The van der Waals surface area contributed by atoms with Crippen molar-refractivity contribution < 1.29 is 8.78 Å². The van der Waals surface area contributed by atoms with Gasteiger partial charge in [0, 0.05) is 12.1 Å². The van der Waals surface area contributed by atoms with E-state index in [1.165, 1.54) is 37.8 Å². The van der Waals surface area contributed by atoms with Crippen molar-refractivity contribution in [1.29, 1.82) is 0 Å². The molecule has 1 aliphatic rings. The molecule has 0 amide bonds. The fourth-order valence-corrected chi connectivity index (χ4v) is 3.70. The molecule has 20 heavy (non-hydrogen) atoms. The van der Waals surface area contributed by atoms with Crippen LogP contribution >= 0.6 is 0 Å². The van der Waals surface area contributed by atoms with Gasteiger partial charge in [0.1, 0.15) is 11.6 Å². The standard InChI is InChI=1S/C17H25F2N/c1-17(2)7-5-4-6-15(17)16(20-3)10-12-8-13(18)11-14(19)9-12/h8-9,11,15-16,20H,4-7,10H2,1-3H3. The highest BCUT2D eigenvalue weighted by Crippen LogP contribution is 2.42. The number of hydrogen-bond donors (Lipinski definition) is 1. The summed E-state index contributed by atoms with van der Waals surface area (Å²) in [5, 5.41) is 3.37. The van der Waals surface area contributed by atoms with Crippen molar-refractivity contribution in [1.82, 2.24) is 5.32 Å². The molecule has 1 N–H and O–H groups in total. The lowest BCUT2D eigenvalue weighted by Crippen LogP contribution is -2.44. The Morgan fingerprint density at radius 1 is 1.20 bits per heavy atom. The van der Waals surface area contributed by atoms with Gasteiger partial charge in [-0.3, -0.25) is 0 Å². The third-order valence-electron chi connectivity index (χ3n) is 4.82. The average molecular weight is 281 g/mol. The number of likely N-dealkylation sites (N-methyl/N-ethyl adjacent to an activating group) is 1. The molecule has 0 aromatic heterocycles. The zero-order valence-electron chi connectivity index (χ0n) is 12.7. The van der Waals surface area contributed by atoms with E-state index < -0.39 is 11.6 Å². The minimum atomic E-state index is -0.488. The zero-order chi connectivity index (χ0) is 14.8. The molecule has 1 nitrogen and oxygen atoms in total. The average Bonchev–Trinajstić information content (AvgIpc) is 2.35. The van der Waals surface area contributed by atoms with Crippen molar-refractivity contribution in [2.24, 2.45) is 11.3 Å². The van der Waals surface area contributed by atoms with E-state index in [0.717, 1.165) is 11.6 Å². The van der Waals surface area contributed by atoms with E-state index in [-0.39, 0.29) is 11.5 Å². The van der Waals surface area contributed by atoms with Crippen molar-refractivity contribution in [2.75, 3.05) is 7.05 Å². The molecule has 1 aromatic rings. The van der Waals surface area contributed by atoms with Crippen LogP contribution in [0.4, 0.5) is 8.78 Å². The first kappa shape index (κ1) is 15.4. The SMILES string of the molecule is CNC(Cc1cc(F)cc(F)c1)C1CCCCC1(C)C. The van der Waals surface area contributed by atoms with E-state index in [1.54, 1.807) is 0 Å². The summed E-state index contributed by atoms with van der Waals surface area (Å²) in [4.78, 5) is 0. The fourth-order valence-electron chi connectivity index (χ4n) is 3.70. The van der Waals surface area contributed by atoms with E-state index in [2.05, 4.69) is 19.2 Å². The van der Waals surface area contributed by atoms with Crippen molar-refractivity contribution in [2.45, 2.75) is 52.0 Å². The quantitative estimate of drug-likeness (QED) is 0.867. The maximum atomic E-state index is 13.3. The summed E-state index contributed by atoms with van der Waals surface area (Å²) >= 11 is 0. The van der Waals surface area contributed by atoms with Gasteiger partial charge in [-0.05, 0) is 55.3 Å². The number of nitrogens with one attached hydrogen (secondary N) is 1. The number of rotatable bonds is 4. The van der Waals surface area contributed by atoms with Gasteiger partial charge in [0.2, 0.25) is 0 Å². The van der Waals surface area contributed by atoms with E-state index in [1.807, 2.05) is 7.05 Å². The van der Waals surface area contributed by atoms with Crippen molar-refractivity contribution >= 4 is 0 Å². The van der Waals surface area contributed by atoms with Crippen LogP contribution in [0.1, 0.15) is 45.1 Å². The molecule has 112 valence electrons. The number of hydrogen-bond acceptors (Lipinski definition) is 1. The molecule has 0 heterocycles. The van der Waals surface area contributed by atoms with E-state index in [9.17, 15) is 8.78 Å². The summed E-state index contributed by atoms with van der Waals surface area (Å²) < 4.78 is 26.6. The van der Waals surface area contributed by atoms with Crippen LogP contribution in [0, 0.1) is 23.0 Å². The summed E-state index contributed by atoms with van der Waals surface area (Å²) in [7, 11) is 1.95. The Morgan fingerprint density at radius 2 is 1.85 bits per heavy atom. The Hall–Kier alpha value is -0.960. The second-order valence-electron chi connectivity index (χ2n) is 6.72. The topological polar surface area (TPSA) is 12.0 Å². The Labute approximate surface area is 120 Å². The minimum Gasteiger partial charge on any atom is -0.316 e. The molecule has 2 unspecified atom stereocenters. The first-order valence-electron chi connectivity index (χ1n) is 7.54. The second-order valence-corrected chi connectivity index (χ2v) is 6.72. The fraction of sp³-hybridized carbons (Fsp3) is 0.647. The predicted molar refractivity (Wildman–Crippen MR) is 78.6 cm³/mol. The number of halogens is 2. The largest absolute Gasteiger partial charge is 0.316 e. The van der Waals surface area contributed by atoms with E-state index in [4.69, 9.17) is 0 Å². The van der Waals surface area contributed by atoms with E-state index >= 15 is 0 Å². The van der Waals surface area contributed by atoms with Crippen LogP contribution in [0.15, 0.2) is 18.2 Å². The van der Waals surface area contributed by atoms with Crippen LogP contribution in [0.25, 0.3) is 0 Å². The first-order chi connectivity index (χ1) is 9.42. The lowest BCUT2D eigenvalue weighted by Gasteiger charge is -2.43. The Morgan fingerprint density at radius 3 is 2.40 bits per heavy atom. The highest BCUT2D eigenvalue weighted by Gasteiger charge is 2.36. The lowest BCUT2D eigenvalue weighted by atomic mass is 9.65. The highest BCUT2D eigenvalue weighted by atomic mass is 19.1. The molecule has 2 atom stereocenters. The van der Waals surface area contributed by atoms with Crippen LogP contribution in [-0.2, 0) is 6.42 Å². The molecule has 3 heteroatoms. The molecule has 1 saturated carbocycles. The van der Waals surface area contributed by atoms with Gasteiger partial charge in [0.05, 0.1) is 0 Å². The summed E-state index contributed by atoms with van der Waals surface area (Å²) in [5.74, 6) is -0.428. The van der Waals surface area contributed by atoms with Gasteiger partial charge < -0.3 is 5.32 Å². The molecule has 0 aliphatic heterocycles. The van der Waals surface area contributed by atoms with Crippen molar-refractivity contribution in [3.63, 3.8) is 0 Å². The number of benzene rings is 1. The van der Waals surface area contributed by atoms with Crippen molar-refractivity contribution in [3.05, 3.63) is 35.4 Å². The third kappa shape index (κ3) is 3.57. The smallest absolute Gasteiger partial charge is 0.126 e. The Kier molecular flexibility index (Phi) is 4.79. The summed E-state index contributed by atoms with van der Waals surface area (Å²) in [5.41, 5.74) is 1.03. The van der Waals surface area contributed by atoms with Crippen LogP contribution in [0.5, 0.6) is 0 Å². The molecular weight excluding hydrogens is 256 g/mol. The van der Waals surface area contributed by atoms with Crippen LogP contribution in [0.2, 0.25) is 0 Å². The maximum Gasteiger partial charge on any atom is 0.126 e. The highest BCUT2D eigenvalue weighted by molar-refractivity contribution is 5.19. The van der Waals surface area contributed by atoms with Gasteiger partial charge >= 0.3 is 0 Å². The van der Waals surface area contributed by atoms with Crippen molar-refractivity contribution in [3.8, 4) is 0 Å². The molecule has 0 radical (unpaired) electrons. The third-order valence-corrected chi connectivity index (χ3v) is 4.82. The summed E-state index contributed by atoms with van der Waals surface area (Å²) in [6, 6.07) is 4.10. The predicted octanol–water partition coefficient (Wildman–Crippen LogP) is 4.31. The van der Waals surface area contributed by atoms with Gasteiger partial charge in [0.15, 0.2) is 0 Å². The molecule has 1 aromatic carbocycles. The normalized spacial score (nSPS) is 23.6. The van der Waals surface area contributed by atoms with Crippen LogP contribution < -0.4 is 5.32 Å². The molecule has 0 spiro atoms. The van der Waals surface area contributed by atoms with Gasteiger partial charge in [0.25, 0.3) is 0 Å². The second kappa shape index (κ2) is 6.21. The maximum absolute atomic E-state index is 13.3. The van der Waals surface area contributed by atoms with Crippen LogP contribution in [-0.4, -0.2) is 13.1 Å². The monoisotopic (exact) mass is 281 g/mol. The molecule has 0 saturated heterocycles. The molecule has 2 rings (SSSR count). The molecular formula is C17H25F2N. The molecule has 1 fully saturated rings. The van der Waals surface area contributed by atoms with Crippen LogP contribution in [0.3, 0.4) is 0 Å². The molecule has 0 bridgehead atoms. The lowest BCUT2D eigenvalue weighted by molar-refractivity contribution is 0.101. The zero-order valence-corrected chi connectivity index (χ0v) is 12.7. The van der Waals surface area contributed by atoms with Gasteiger partial charge in [-0.25, -0.2) is 8.78 Å². The van der Waals surface area contributed by atoms with E-state index in [0.29, 0.717) is 12.3 Å². The van der Waals surface area contributed by atoms with Gasteiger partial charge in [-0.2, -0.15) is 0 Å². The minimum absolute atomic E-state index is 0.270. The van der Waals surface area contributed by atoms with Gasteiger partial charge in [-0.1, -0.05) is 26.7 Å². The summed E-state index contributed by atoms with van der Waals surface area (Å²) in [6.45, 7) is 4.63.